The molecular weight excluding hydrogens is 392 g/mol. The largest absolute Gasteiger partial charge is 0.497 e. The minimum atomic E-state index is -0.976. The van der Waals surface area contributed by atoms with Crippen LogP contribution in [0.1, 0.15) is 24.6 Å². The lowest BCUT2D eigenvalue weighted by atomic mass is 10.1. The first kappa shape index (κ1) is 20.9. The lowest BCUT2D eigenvalue weighted by molar-refractivity contribution is -0.151. The van der Waals surface area contributed by atoms with Gasteiger partial charge in [0.05, 0.1) is 31.6 Å². The molecule has 0 saturated heterocycles. The molecule has 1 aromatic heterocycles. The molecule has 29 heavy (non-hydrogen) atoms. The molecule has 0 aliphatic carbocycles. The predicted octanol–water partition coefficient (Wildman–Crippen LogP) is 4.64. The van der Waals surface area contributed by atoms with Gasteiger partial charge in [0.15, 0.2) is 6.10 Å². The van der Waals surface area contributed by atoms with E-state index in [-0.39, 0.29) is 6.61 Å². The van der Waals surface area contributed by atoms with Gasteiger partial charge in [-0.1, -0.05) is 48.9 Å². The topological polar surface area (TPSA) is 73.6 Å². The molecule has 0 fully saturated rings. The third kappa shape index (κ3) is 5.16. The third-order valence-corrected chi connectivity index (χ3v) is 4.92. The Labute approximate surface area is 174 Å². The summed E-state index contributed by atoms with van der Waals surface area (Å²) < 4.78 is 12.7. The van der Waals surface area contributed by atoms with E-state index >= 15 is 0 Å². The molecule has 1 atom stereocenters. The molecule has 0 spiro atoms. The van der Waals surface area contributed by atoms with E-state index < -0.39 is 12.1 Å². The first-order valence-electron chi connectivity index (χ1n) is 9.30. The zero-order valence-corrected chi connectivity index (χ0v) is 17.1. The van der Waals surface area contributed by atoms with Crippen molar-refractivity contribution in [2.24, 2.45) is 0 Å². The highest BCUT2D eigenvalue weighted by molar-refractivity contribution is 6.31. The van der Waals surface area contributed by atoms with Crippen LogP contribution in [0.3, 0.4) is 0 Å². The van der Waals surface area contributed by atoms with E-state index in [2.05, 4.69) is 5.10 Å². The summed E-state index contributed by atoms with van der Waals surface area (Å²) in [6.07, 6.45) is -0.470. The van der Waals surface area contributed by atoms with Crippen molar-refractivity contribution in [2.45, 2.75) is 32.6 Å². The fourth-order valence-electron chi connectivity index (χ4n) is 3.01. The molecule has 2 aromatic carbocycles. The van der Waals surface area contributed by atoms with Crippen molar-refractivity contribution in [3.63, 3.8) is 0 Å². The molecule has 1 unspecified atom stereocenters. The van der Waals surface area contributed by atoms with Crippen molar-refractivity contribution >= 4 is 17.6 Å². The molecule has 0 aliphatic rings. The first-order valence-corrected chi connectivity index (χ1v) is 9.68. The quantitative estimate of drug-likeness (QED) is 0.552. The van der Waals surface area contributed by atoms with E-state index in [9.17, 15) is 9.90 Å². The number of nitrogens with zero attached hydrogens (tertiary/aromatic N) is 2. The summed E-state index contributed by atoms with van der Waals surface area (Å²) in [4.78, 5) is 11.2. The molecule has 0 amide bonds. The Balaban J connectivity index is 1.94. The molecule has 1 N–H and O–H groups in total. The van der Waals surface area contributed by atoms with Gasteiger partial charge in [-0.25, -0.2) is 4.79 Å². The Hall–Kier alpha value is -2.83. The number of benzene rings is 2. The Morgan fingerprint density at radius 3 is 2.69 bits per heavy atom. The van der Waals surface area contributed by atoms with Crippen LogP contribution in [0.25, 0.3) is 11.3 Å². The second-order valence-corrected chi connectivity index (χ2v) is 6.96. The number of rotatable bonds is 9. The fraction of sp³-hybridized carbons (Fsp3) is 0.273. The molecule has 152 valence electrons. The number of methoxy groups -OCH3 is 1. The summed E-state index contributed by atoms with van der Waals surface area (Å²) in [5.74, 6) is -0.237. The van der Waals surface area contributed by atoms with Gasteiger partial charge in [0, 0.05) is 10.6 Å². The molecule has 7 heteroatoms. The van der Waals surface area contributed by atoms with Crippen LogP contribution in [-0.2, 0) is 22.7 Å². The van der Waals surface area contributed by atoms with E-state index in [0.717, 1.165) is 22.6 Å². The summed E-state index contributed by atoms with van der Waals surface area (Å²) in [7, 11) is 1.62. The molecule has 3 aromatic rings. The van der Waals surface area contributed by atoms with Crippen molar-refractivity contribution in [3.8, 4) is 17.0 Å². The summed E-state index contributed by atoms with van der Waals surface area (Å²) in [5, 5.41) is 14.5. The molecule has 3 rings (SSSR count). The van der Waals surface area contributed by atoms with Crippen LogP contribution in [0.5, 0.6) is 5.75 Å². The Morgan fingerprint density at radius 2 is 2.00 bits per heavy atom. The monoisotopic (exact) mass is 414 g/mol. The van der Waals surface area contributed by atoms with E-state index in [0.29, 0.717) is 23.7 Å². The molecule has 0 saturated carbocycles. The van der Waals surface area contributed by atoms with Crippen molar-refractivity contribution in [1.82, 2.24) is 9.78 Å². The van der Waals surface area contributed by atoms with Crippen LogP contribution in [0.15, 0.2) is 54.6 Å². The van der Waals surface area contributed by atoms with Crippen molar-refractivity contribution in [3.05, 3.63) is 70.9 Å². The second-order valence-electron chi connectivity index (χ2n) is 6.55. The van der Waals surface area contributed by atoms with Crippen LogP contribution >= 0.6 is 11.6 Å². The highest BCUT2D eigenvalue weighted by atomic mass is 35.5. The van der Waals surface area contributed by atoms with Crippen LogP contribution in [-0.4, -0.2) is 34.1 Å². The number of carboxylic acid groups (broad SMARTS) is 1. The zero-order valence-electron chi connectivity index (χ0n) is 16.3. The lowest BCUT2D eigenvalue weighted by Gasteiger charge is -2.10. The van der Waals surface area contributed by atoms with Crippen molar-refractivity contribution in [2.75, 3.05) is 7.11 Å². The Bertz CT molecular complexity index is 986. The zero-order chi connectivity index (χ0) is 20.8. The molecule has 6 nitrogen and oxygen atoms in total. The van der Waals surface area contributed by atoms with Gasteiger partial charge < -0.3 is 14.6 Å². The fourth-order valence-corrected chi connectivity index (χ4v) is 3.21. The molecule has 0 bridgehead atoms. The first-order chi connectivity index (χ1) is 14.0. The van der Waals surface area contributed by atoms with Crippen LogP contribution in [0.4, 0.5) is 0 Å². The van der Waals surface area contributed by atoms with Gasteiger partial charge in [0.2, 0.25) is 0 Å². The average molecular weight is 415 g/mol. The maximum Gasteiger partial charge on any atom is 0.332 e. The summed E-state index contributed by atoms with van der Waals surface area (Å²) in [6, 6.07) is 17.2. The van der Waals surface area contributed by atoms with Gasteiger partial charge in [-0.05, 0) is 36.2 Å². The standard InChI is InChI=1S/C22H23ClN2O4/c1-3-21(22(26)27)29-14-17-12-20(15-8-6-9-18(11-15)28-2)25(24-17)13-16-7-4-5-10-19(16)23/h4-12,21H,3,13-14H2,1-2H3,(H,26,27). The van der Waals surface area contributed by atoms with Gasteiger partial charge in [-0.3, -0.25) is 4.68 Å². The Morgan fingerprint density at radius 1 is 1.21 bits per heavy atom. The number of carboxylic acids is 1. The molecular formula is C22H23ClN2O4. The number of ether oxygens (including phenoxy) is 2. The number of carbonyl (C=O) groups is 1. The van der Waals surface area contributed by atoms with Gasteiger partial charge in [0.25, 0.3) is 0 Å². The summed E-state index contributed by atoms with van der Waals surface area (Å²) in [5.41, 5.74) is 3.38. The minimum Gasteiger partial charge on any atom is -0.497 e. The smallest absolute Gasteiger partial charge is 0.332 e. The summed E-state index contributed by atoms with van der Waals surface area (Å²) >= 11 is 6.33. The van der Waals surface area contributed by atoms with Gasteiger partial charge in [-0.15, -0.1) is 0 Å². The predicted molar refractivity (Wildman–Crippen MR) is 111 cm³/mol. The van der Waals surface area contributed by atoms with E-state index in [1.54, 1.807) is 14.0 Å². The normalized spacial score (nSPS) is 12.0. The highest BCUT2D eigenvalue weighted by Crippen LogP contribution is 2.27. The van der Waals surface area contributed by atoms with Gasteiger partial charge >= 0.3 is 5.97 Å². The lowest BCUT2D eigenvalue weighted by Crippen LogP contribution is -2.22. The van der Waals surface area contributed by atoms with Crippen LogP contribution in [0.2, 0.25) is 5.02 Å². The van der Waals surface area contributed by atoms with Crippen molar-refractivity contribution in [1.29, 1.82) is 0 Å². The van der Waals surface area contributed by atoms with E-state index in [4.69, 9.17) is 21.1 Å². The minimum absolute atomic E-state index is 0.108. The van der Waals surface area contributed by atoms with Crippen molar-refractivity contribution < 1.29 is 19.4 Å². The SMILES string of the molecule is CCC(OCc1cc(-c2cccc(OC)c2)n(Cc2ccccc2Cl)n1)C(=O)O. The number of aliphatic carboxylic acids is 1. The van der Waals surface area contributed by atoms with Gasteiger partial charge in [0.1, 0.15) is 5.75 Å². The maximum absolute atomic E-state index is 11.2. The second kappa shape index (κ2) is 9.58. The average Bonchev–Trinajstić information content (AvgIpc) is 3.12. The molecule has 0 aliphatic heterocycles. The van der Waals surface area contributed by atoms with E-state index in [1.807, 2.05) is 59.3 Å². The maximum atomic E-state index is 11.2. The number of hydrogen-bond donors (Lipinski definition) is 1. The van der Waals surface area contributed by atoms with E-state index in [1.165, 1.54) is 0 Å². The number of hydrogen-bond acceptors (Lipinski definition) is 4. The molecule has 0 radical (unpaired) electrons. The number of halogens is 1. The number of aromatic nitrogens is 2. The Kier molecular flexibility index (Phi) is 6.90. The highest BCUT2D eigenvalue weighted by Gasteiger charge is 2.18. The third-order valence-electron chi connectivity index (χ3n) is 4.55. The summed E-state index contributed by atoms with van der Waals surface area (Å²) in [6.45, 7) is 2.36. The van der Waals surface area contributed by atoms with Gasteiger partial charge in [-0.2, -0.15) is 5.10 Å². The van der Waals surface area contributed by atoms with Crippen LogP contribution in [0, 0.1) is 0 Å². The molecule has 1 heterocycles. The van der Waals surface area contributed by atoms with Crippen LogP contribution < -0.4 is 4.74 Å².